The maximum atomic E-state index is 11.9. The van der Waals surface area contributed by atoms with Gasteiger partial charge >= 0.3 is 0 Å². The highest BCUT2D eigenvalue weighted by molar-refractivity contribution is 7.99. The van der Waals surface area contributed by atoms with Crippen LogP contribution in [-0.4, -0.2) is 43.9 Å². The van der Waals surface area contributed by atoms with Gasteiger partial charge < -0.3 is 11.1 Å². The molecule has 3 aromatic rings. The van der Waals surface area contributed by atoms with Gasteiger partial charge in [-0.1, -0.05) is 42.1 Å². The largest absolute Gasteiger partial charge is 0.368 e. The summed E-state index contributed by atoms with van der Waals surface area (Å²) in [7, 11) is 0. The number of hydrogen-bond donors (Lipinski definition) is 2. The van der Waals surface area contributed by atoms with Gasteiger partial charge in [0.2, 0.25) is 11.8 Å². The van der Waals surface area contributed by atoms with Gasteiger partial charge in [0.05, 0.1) is 18.8 Å². The first-order chi connectivity index (χ1) is 13.1. The molecule has 138 valence electrons. The number of nitrogens with zero attached hydrogens (tertiary/aromatic N) is 4. The lowest BCUT2D eigenvalue weighted by Gasteiger charge is -2.10. The Morgan fingerprint density at radius 3 is 2.63 bits per heavy atom. The van der Waals surface area contributed by atoms with Crippen molar-refractivity contribution in [3.05, 3.63) is 60.4 Å². The lowest BCUT2D eigenvalue weighted by atomic mass is 10.2. The zero-order valence-electron chi connectivity index (χ0n) is 14.4. The standard InChI is InChI=1S/C18H18N6O2S/c19-15(25)10-21-16(26)12-27-18-23-22-17(14-7-4-8-20-9-14)24(18)11-13-5-2-1-3-6-13/h1-9H,10-12H2,(H2,19,25)(H,21,26). The van der Waals surface area contributed by atoms with Crippen LogP contribution in [0.4, 0.5) is 0 Å². The van der Waals surface area contributed by atoms with E-state index in [0.717, 1.165) is 11.1 Å². The molecule has 3 rings (SSSR count). The Hall–Kier alpha value is -3.20. The summed E-state index contributed by atoms with van der Waals surface area (Å²) in [6.07, 6.45) is 3.42. The maximum Gasteiger partial charge on any atom is 0.236 e. The Kier molecular flexibility index (Phi) is 6.16. The van der Waals surface area contributed by atoms with E-state index in [1.165, 1.54) is 11.8 Å². The number of nitrogens with one attached hydrogen (secondary N) is 1. The van der Waals surface area contributed by atoms with Crippen molar-refractivity contribution in [1.82, 2.24) is 25.1 Å². The van der Waals surface area contributed by atoms with E-state index >= 15 is 0 Å². The van der Waals surface area contributed by atoms with E-state index in [1.807, 2.05) is 47.0 Å². The fraction of sp³-hybridized carbons (Fsp3) is 0.167. The summed E-state index contributed by atoms with van der Waals surface area (Å²) in [5.41, 5.74) is 6.96. The number of nitrogens with two attached hydrogens (primary N) is 1. The highest BCUT2D eigenvalue weighted by Gasteiger charge is 2.16. The Balaban J connectivity index is 1.82. The molecule has 0 saturated heterocycles. The van der Waals surface area contributed by atoms with Gasteiger partial charge in [0.1, 0.15) is 0 Å². The van der Waals surface area contributed by atoms with Crippen LogP contribution in [0.1, 0.15) is 5.56 Å². The van der Waals surface area contributed by atoms with Gasteiger partial charge in [0.15, 0.2) is 11.0 Å². The third-order valence-corrected chi connectivity index (χ3v) is 4.58. The molecular weight excluding hydrogens is 364 g/mol. The SMILES string of the molecule is NC(=O)CNC(=O)CSc1nnc(-c2cccnc2)n1Cc1ccccc1. The van der Waals surface area contributed by atoms with Crippen molar-refractivity contribution in [3.63, 3.8) is 0 Å². The van der Waals surface area contributed by atoms with Crippen molar-refractivity contribution in [3.8, 4) is 11.4 Å². The van der Waals surface area contributed by atoms with E-state index in [2.05, 4.69) is 20.5 Å². The lowest BCUT2D eigenvalue weighted by Crippen LogP contribution is -2.34. The molecule has 8 nitrogen and oxygen atoms in total. The highest BCUT2D eigenvalue weighted by Crippen LogP contribution is 2.24. The monoisotopic (exact) mass is 382 g/mol. The number of hydrogen-bond acceptors (Lipinski definition) is 6. The van der Waals surface area contributed by atoms with Crippen LogP contribution in [0.15, 0.2) is 60.0 Å². The van der Waals surface area contributed by atoms with Gasteiger partial charge in [-0.05, 0) is 17.7 Å². The zero-order chi connectivity index (χ0) is 19.1. The minimum atomic E-state index is -0.584. The summed E-state index contributed by atoms with van der Waals surface area (Å²) < 4.78 is 1.94. The summed E-state index contributed by atoms with van der Waals surface area (Å²) in [6.45, 7) is 0.375. The van der Waals surface area contributed by atoms with Crippen molar-refractivity contribution in [2.45, 2.75) is 11.7 Å². The molecule has 0 fully saturated rings. The molecule has 2 amide bonds. The summed E-state index contributed by atoms with van der Waals surface area (Å²) in [4.78, 5) is 26.8. The third-order valence-electron chi connectivity index (χ3n) is 3.61. The molecule has 0 spiro atoms. The maximum absolute atomic E-state index is 11.9. The van der Waals surface area contributed by atoms with E-state index in [0.29, 0.717) is 17.5 Å². The number of aromatic nitrogens is 4. The highest BCUT2D eigenvalue weighted by atomic mass is 32.2. The predicted molar refractivity (Wildman–Crippen MR) is 102 cm³/mol. The predicted octanol–water partition coefficient (Wildman–Crippen LogP) is 1.08. The fourth-order valence-corrected chi connectivity index (χ4v) is 3.15. The van der Waals surface area contributed by atoms with Gasteiger partial charge in [-0.25, -0.2) is 0 Å². The second-order valence-corrected chi connectivity index (χ2v) is 6.59. The first-order valence-electron chi connectivity index (χ1n) is 8.19. The summed E-state index contributed by atoms with van der Waals surface area (Å²) in [5, 5.41) is 11.6. The van der Waals surface area contributed by atoms with Gasteiger partial charge in [-0.3, -0.25) is 19.1 Å². The molecule has 2 aromatic heterocycles. The molecule has 0 atom stereocenters. The van der Waals surface area contributed by atoms with Gasteiger partial charge in [-0.2, -0.15) is 0 Å². The number of pyridine rings is 1. The first-order valence-corrected chi connectivity index (χ1v) is 9.17. The topological polar surface area (TPSA) is 116 Å². The van der Waals surface area contributed by atoms with Gasteiger partial charge in [-0.15, -0.1) is 10.2 Å². The number of benzene rings is 1. The minimum absolute atomic E-state index is 0.104. The van der Waals surface area contributed by atoms with Crippen LogP contribution >= 0.6 is 11.8 Å². The summed E-state index contributed by atoms with van der Waals surface area (Å²) in [5.74, 6) is -0.102. The second-order valence-electron chi connectivity index (χ2n) is 5.65. The van der Waals surface area contributed by atoms with Crippen LogP contribution in [0.5, 0.6) is 0 Å². The number of amides is 2. The molecular formula is C18H18N6O2S. The summed E-state index contributed by atoms with van der Waals surface area (Å²) >= 11 is 1.25. The lowest BCUT2D eigenvalue weighted by molar-refractivity contribution is -0.123. The fourth-order valence-electron chi connectivity index (χ4n) is 2.38. The summed E-state index contributed by atoms with van der Waals surface area (Å²) in [6, 6.07) is 13.7. The average Bonchev–Trinajstić information content (AvgIpc) is 3.08. The van der Waals surface area contributed by atoms with Crippen LogP contribution in [-0.2, 0) is 16.1 Å². The molecule has 1 aromatic carbocycles. The van der Waals surface area contributed by atoms with Gasteiger partial charge in [0.25, 0.3) is 0 Å². The van der Waals surface area contributed by atoms with Crippen LogP contribution < -0.4 is 11.1 Å². The van der Waals surface area contributed by atoms with E-state index in [9.17, 15) is 9.59 Å². The number of rotatable bonds is 8. The van der Waals surface area contributed by atoms with Gasteiger partial charge in [0, 0.05) is 18.0 Å². The molecule has 2 heterocycles. The molecule has 0 radical (unpaired) electrons. The Labute approximate surface area is 160 Å². The third kappa shape index (κ3) is 5.14. The van der Waals surface area contributed by atoms with Crippen LogP contribution in [0.25, 0.3) is 11.4 Å². The van der Waals surface area contributed by atoms with Crippen molar-refractivity contribution >= 4 is 23.6 Å². The van der Waals surface area contributed by atoms with E-state index in [4.69, 9.17) is 5.73 Å². The Morgan fingerprint density at radius 2 is 1.93 bits per heavy atom. The molecule has 9 heteroatoms. The van der Waals surface area contributed by atoms with Crippen molar-refractivity contribution in [2.75, 3.05) is 12.3 Å². The number of carbonyl (C=O) groups is 2. The number of thioether (sulfide) groups is 1. The zero-order valence-corrected chi connectivity index (χ0v) is 15.2. The smallest absolute Gasteiger partial charge is 0.236 e. The second kappa shape index (κ2) is 8.95. The quantitative estimate of drug-likeness (QED) is 0.563. The van der Waals surface area contributed by atoms with Crippen molar-refractivity contribution < 1.29 is 9.59 Å². The number of carbonyl (C=O) groups excluding carboxylic acids is 2. The molecule has 0 aliphatic carbocycles. The van der Waals surface area contributed by atoms with Crippen LogP contribution in [0.2, 0.25) is 0 Å². The molecule has 3 N–H and O–H groups in total. The molecule has 0 saturated carbocycles. The Morgan fingerprint density at radius 1 is 1.11 bits per heavy atom. The van der Waals surface area contributed by atoms with Crippen molar-refractivity contribution in [1.29, 1.82) is 0 Å². The average molecular weight is 382 g/mol. The van der Waals surface area contributed by atoms with Crippen LogP contribution in [0, 0.1) is 0 Å². The first kappa shape index (κ1) is 18.6. The molecule has 27 heavy (non-hydrogen) atoms. The van der Waals surface area contributed by atoms with Crippen LogP contribution in [0.3, 0.4) is 0 Å². The van der Waals surface area contributed by atoms with E-state index < -0.39 is 5.91 Å². The molecule has 0 unspecified atom stereocenters. The molecule has 0 bridgehead atoms. The normalized spacial score (nSPS) is 10.5. The number of primary amides is 1. The molecule has 0 aliphatic rings. The molecule has 0 aliphatic heterocycles. The van der Waals surface area contributed by atoms with E-state index in [-0.39, 0.29) is 18.2 Å². The van der Waals surface area contributed by atoms with E-state index in [1.54, 1.807) is 12.4 Å². The van der Waals surface area contributed by atoms with Crippen molar-refractivity contribution in [2.24, 2.45) is 5.73 Å². The minimum Gasteiger partial charge on any atom is -0.368 e. The Bertz CT molecular complexity index is 914.